The summed E-state index contributed by atoms with van der Waals surface area (Å²) in [6, 6.07) is 4.08. The lowest BCUT2D eigenvalue weighted by atomic mass is 10.2. The van der Waals surface area contributed by atoms with E-state index in [2.05, 4.69) is 20.7 Å². The van der Waals surface area contributed by atoms with Crippen LogP contribution in [0.3, 0.4) is 0 Å². The van der Waals surface area contributed by atoms with Crippen molar-refractivity contribution < 1.29 is 15.0 Å². The van der Waals surface area contributed by atoms with E-state index in [4.69, 9.17) is 5.11 Å². The Labute approximate surface area is 124 Å². The number of nitrogens with zero attached hydrogens (tertiary/aromatic N) is 4. The molecule has 1 amide bonds. The highest BCUT2D eigenvalue weighted by atomic mass is 32.2. The topological polar surface area (TPSA) is 113 Å². The number of amides is 1. The minimum Gasteiger partial charge on any atom is -0.508 e. The summed E-state index contributed by atoms with van der Waals surface area (Å²) < 4.78 is 1.70. The highest BCUT2D eigenvalue weighted by Crippen LogP contribution is 2.20. The standard InChI is InChI=1S/C12H13N5O3S/c1-17-7-14-16-12(17)21-6-11(20)15-13-5-8-2-3-9(18)4-10(8)19/h2-5,7,18-19H,6H2,1H3,(H,15,20)/b13-5+. The first-order valence-corrected chi connectivity index (χ1v) is 6.85. The number of benzene rings is 1. The highest BCUT2D eigenvalue weighted by molar-refractivity contribution is 7.99. The number of rotatable bonds is 5. The summed E-state index contributed by atoms with van der Waals surface area (Å²) in [6.07, 6.45) is 2.84. The molecular weight excluding hydrogens is 294 g/mol. The zero-order valence-electron chi connectivity index (χ0n) is 11.1. The second-order valence-corrected chi connectivity index (χ2v) is 4.99. The Kier molecular flexibility index (Phi) is 4.77. The van der Waals surface area contributed by atoms with E-state index in [-0.39, 0.29) is 23.2 Å². The fourth-order valence-electron chi connectivity index (χ4n) is 1.38. The monoisotopic (exact) mass is 307 g/mol. The fourth-order valence-corrected chi connectivity index (χ4v) is 2.06. The summed E-state index contributed by atoms with van der Waals surface area (Å²) in [7, 11) is 1.78. The quantitative estimate of drug-likeness (QED) is 0.420. The van der Waals surface area contributed by atoms with E-state index < -0.39 is 0 Å². The van der Waals surface area contributed by atoms with Gasteiger partial charge in [0.2, 0.25) is 0 Å². The molecule has 2 aromatic rings. The normalized spacial score (nSPS) is 10.9. The van der Waals surface area contributed by atoms with Gasteiger partial charge < -0.3 is 14.8 Å². The molecule has 0 fully saturated rings. The number of aryl methyl sites for hydroxylation is 1. The van der Waals surface area contributed by atoms with Gasteiger partial charge in [-0.3, -0.25) is 4.79 Å². The van der Waals surface area contributed by atoms with Crippen LogP contribution in [0, 0.1) is 0 Å². The molecule has 0 aliphatic carbocycles. The zero-order chi connectivity index (χ0) is 15.2. The van der Waals surface area contributed by atoms with Gasteiger partial charge in [-0.1, -0.05) is 11.8 Å². The van der Waals surface area contributed by atoms with Crippen molar-refractivity contribution in [2.75, 3.05) is 5.75 Å². The molecule has 0 bridgehead atoms. The number of carbonyl (C=O) groups excluding carboxylic acids is 1. The minimum atomic E-state index is -0.308. The van der Waals surface area contributed by atoms with Crippen molar-refractivity contribution in [3.8, 4) is 11.5 Å². The van der Waals surface area contributed by atoms with E-state index in [1.807, 2.05) is 0 Å². The predicted octanol–water partition coefficient (Wildman–Crippen LogP) is 0.469. The van der Waals surface area contributed by atoms with E-state index in [0.29, 0.717) is 10.7 Å². The van der Waals surface area contributed by atoms with E-state index in [0.717, 1.165) is 0 Å². The van der Waals surface area contributed by atoms with Crippen LogP contribution in [-0.2, 0) is 11.8 Å². The fraction of sp³-hybridized carbons (Fsp3) is 0.167. The van der Waals surface area contributed by atoms with Crippen molar-refractivity contribution in [1.29, 1.82) is 0 Å². The lowest BCUT2D eigenvalue weighted by molar-refractivity contribution is -0.118. The Hall–Kier alpha value is -2.55. The molecule has 21 heavy (non-hydrogen) atoms. The van der Waals surface area contributed by atoms with E-state index in [9.17, 15) is 9.90 Å². The van der Waals surface area contributed by atoms with Gasteiger partial charge in [-0.2, -0.15) is 5.10 Å². The Balaban J connectivity index is 1.83. The molecule has 8 nitrogen and oxygen atoms in total. The predicted molar refractivity (Wildman–Crippen MR) is 77.2 cm³/mol. The molecule has 3 N–H and O–H groups in total. The van der Waals surface area contributed by atoms with Crippen LogP contribution in [0.15, 0.2) is 34.8 Å². The van der Waals surface area contributed by atoms with Gasteiger partial charge in [-0.05, 0) is 12.1 Å². The lowest BCUT2D eigenvalue weighted by Crippen LogP contribution is -2.19. The van der Waals surface area contributed by atoms with Gasteiger partial charge >= 0.3 is 0 Å². The third kappa shape index (κ3) is 4.21. The van der Waals surface area contributed by atoms with Crippen LogP contribution < -0.4 is 5.43 Å². The van der Waals surface area contributed by atoms with Crippen LogP contribution >= 0.6 is 11.8 Å². The molecule has 1 aromatic carbocycles. The van der Waals surface area contributed by atoms with Crippen LogP contribution in [0.5, 0.6) is 11.5 Å². The minimum absolute atomic E-state index is 0.0474. The summed E-state index contributed by atoms with van der Waals surface area (Å²) in [5, 5.41) is 30.6. The number of phenols is 2. The second kappa shape index (κ2) is 6.75. The first kappa shape index (κ1) is 14.9. The summed E-state index contributed by atoms with van der Waals surface area (Å²) in [5.41, 5.74) is 2.72. The number of phenolic OH excluding ortho intramolecular Hbond substituents is 2. The van der Waals surface area contributed by atoms with Crippen LogP contribution in [0.1, 0.15) is 5.56 Å². The summed E-state index contributed by atoms with van der Waals surface area (Å²) >= 11 is 1.23. The van der Waals surface area contributed by atoms with E-state index in [1.165, 1.54) is 36.2 Å². The Morgan fingerprint density at radius 1 is 1.52 bits per heavy atom. The maximum absolute atomic E-state index is 11.6. The van der Waals surface area contributed by atoms with Gasteiger partial charge in [0, 0.05) is 18.7 Å². The second-order valence-electron chi connectivity index (χ2n) is 4.05. The van der Waals surface area contributed by atoms with Crippen molar-refractivity contribution in [3.05, 3.63) is 30.1 Å². The SMILES string of the molecule is Cn1cnnc1SCC(=O)N/N=C/c1ccc(O)cc1O. The van der Waals surface area contributed by atoms with Gasteiger partial charge in [0.05, 0.1) is 12.0 Å². The number of hydrogen-bond acceptors (Lipinski definition) is 7. The van der Waals surface area contributed by atoms with Gasteiger partial charge in [-0.15, -0.1) is 10.2 Å². The Bertz CT molecular complexity index is 671. The molecule has 0 saturated carbocycles. The molecule has 110 valence electrons. The molecular formula is C12H13N5O3S. The molecule has 0 spiro atoms. The maximum atomic E-state index is 11.6. The van der Waals surface area contributed by atoms with Gasteiger partial charge in [0.25, 0.3) is 5.91 Å². The highest BCUT2D eigenvalue weighted by Gasteiger charge is 2.06. The zero-order valence-corrected chi connectivity index (χ0v) is 11.9. The average molecular weight is 307 g/mol. The van der Waals surface area contributed by atoms with Gasteiger partial charge in [0.1, 0.15) is 17.8 Å². The third-order valence-corrected chi connectivity index (χ3v) is 3.44. The summed E-state index contributed by atoms with van der Waals surface area (Å²) in [5.74, 6) is -0.335. The summed E-state index contributed by atoms with van der Waals surface area (Å²) in [4.78, 5) is 11.6. The van der Waals surface area contributed by atoms with E-state index >= 15 is 0 Å². The Morgan fingerprint density at radius 2 is 2.33 bits per heavy atom. The maximum Gasteiger partial charge on any atom is 0.250 e. The molecule has 0 aliphatic heterocycles. The van der Waals surface area contributed by atoms with Crippen molar-refractivity contribution in [3.63, 3.8) is 0 Å². The first-order chi connectivity index (χ1) is 10.1. The number of aromatic nitrogens is 3. The molecule has 0 atom stereocenters. The number of hydrogen-bond donors (Lipinski definition) is 3. The van der Waals surface area contributed by atoms with Gasteiger partial charge in [0.15, 0.2) is 5.16 Å². The van der Waals surface area contributed by atoms with Crippen LogP contribution in [0.25, 0.3) is 0 Å². The molecule has 2 rings (SSSR count). The van der Waals surface area contributed by atoms with E-state index in [1.54, 1.807) is 17.9 Å². The summed E-state index contributed by atoms with van der Waals surface area (Å²) in [6.45, 7) is 0. The number of nitrogens with one attached hydrogen (secondary N) is 1. The molecule has 1 heterocycles. The van der Waals surface area contributed by atoms with Crippen molar-refractivity contribution in [2.24, 2.45) is 12.1 Å². The van der Waals surface area contributed by atoms with Gasteiger partial charge in [-0.25, -0.2) is 5.43 Å². The molecule has 1 aromatic heterocycles. The molecule has 0 saturated heterocycles. The molecule has 9 heteroatoms. The smallest absolute Gasteiger partial charge is 0.250 e. The molecule has 0 radical (unpaired) electrons. The Morgan fingerprint density at radius 3 is 3.00 bits per heavy atom. The molecule has 0 aliphatic rings. The first-order valence-electron chi connectivity index (χ1n) is 5.87. The van der Waals surface area contributed by atoms with Crippen molar-refractivity contribution in [1.82, 2.24) is 20.2 Å². The third-order valence-electron chi connectivity index (χ3n) is 2.41. The largest absolute Gasteiger partial charge is 0.508 e. The number of thioether (sulfide) groups is 1. The van der Waals surface area contributed by atoms with Crippen LogP contribution in [0.4, 0.5) is 0 Å². The lowest BCUT2D eigenvalue weighted by Gasteiger charge is -2.01. The number of hydrazone groups is 1. The average Bonchev–Trinajstić information content (AvgIpc) is 2.84. The van der Waals surface area contributed by atoms with Crippen molar-refractivity contribution >= 4 is 23.9 Å². The van der Waals surface area contributed by atoms with Crippen LogP contribution in [0.2, 0.25) is 0 Å². The molecule has 0 unspecified atom stereocenters. The van der Waals surface area contributed by atoms with Crippen molar-refractivity contribution in [2.45, 2.75) is 5.16 Å². The number of aromatic hydroxyl groups is 2. The number of carbonyl (C=O) groups is 1. The van der Waals surface area contributed by atoms with Crippen LogP contribution in [-0.4, -0.2) is 42.9 Å².